The molecule has 21 heavy (non-hydrogen) atoms. The van der Waals surface area contributed by atoms with Crippen LogP contribution < -0.4 is 5.32 Å². The highest BCUT2D eigenvalue weighted by Crippen LogP contribution is 2.36. The fourth-order valence-electron chi connectivity index (χ4n) is 2.17. The van der Waals surface area contributed by atoms with E-state index >= 15 is 0 Å². The molecule has 2 unspecified atom stereocenters. The third-order valence-electron chi connectivity index (χ3n) is 3.19. The molecular formula is C13H13BrF3NO3. The van der Waals surface area contributed by atoms with Crippen LogP contribution in [0.1, 0.15) is 18.4 Å². The Morgan fingerprint density at radius 1 is 1.43 bits per heavy atom. The van der Waals surface area contributed by atoms with Gasteiger partial charge in [-0.25, -0.2) is 4.79 Å². The van der Waals surface area contributed by atoms with Crippen molar-refractivity contribution in [1.29, 1.82) is 0 Å². The number of rotatable bonds is 4. The lowest BCUT2D eigenvalue weighted by Gasteiger charge is -2.17. The molecule has 0 aliphatic carbocycles. The second-order valence-electron chi connectivity index (χ2n) is 4.73. The average Bonchev–Trinajstić information content (AvgIpc) is 2.85. The molecule has 0 amide bonds. The van der Waals surface area contributed by atoms with Gasteiger partial charge in [-0.3, -0.25) is 0 Å². The monoisotopic (exact) mass is 367 g/mol. The Bertz CT molecular complexity index is 536. The first kappa shape index (κ1) is 16.1. The molecule has 1 saturated heterocycles. The zero-order valence-electron chi connectivity index (χ0n) is 10.8. The van der Waals surface area contributed by atoms with Gasteiger partial charge in [0.15, 0.2) is 6.10 Å². The highest BCUT2D eigenvalue weighted by molar-refractivity contribution is 9.10. The summed E-state index contributed by atoms with van der Waals surface area (Å²) in [5.41, 5.74) is -0.822. The molecule has 0 aromatic heterocycles. The SMILES string of the molecule is O=C(O)C1CCC(CNc2ccc(Br)cc2C(F)(F)F)O1. The molecule has 2 rings (SSSR count). The van der Waals surface area contributed by atoms with Crippen LogP contribution in [0.15, 0.2) is 22.7 Å². The van der Waals surface area contributed by atoms with E-state index < -0.39 is 29.9 Å². The van der Waals surface area contributed by atoms with Gasteiger partial charge >= 0.3 is 12.1 Å². The minimum absolute atomic E-state index is 0.0481. The molecule has 4 nitrogen and oxygen atoms in total. The Kier molecular flexibility index (Phi) is 4.77. The number of carboxylic acid groups (broad SMARTS) is 1. The smallest absolute Gasteiger partial charge is 0.418 e. The summed E-state index contributed by atoms with van der Waals surface area (Å²) in [6, 6.07) is 3.83. The van der Waals surface area contributed by atoms with Crippen LogP contribution in [-0.2, 0) is 15.7 Å². The topological polar surface area (TPSA) is 58.6 Å². The van der Waals surface area contributed by atoms with Gasteiger partial charge in [0, 0.05) is 16.7 Å². The van der Waals surface area contributed by atoms with Crippen molar-refractivity contribution in [2.75, 3.05) is 11.9 Å². The molecule has 1 aromatic rings. The minimum Gasteiger partial charge on any atom is -0.479 e. The number of nitrogens with one attached hydrogen (secondary N) is 1. The summed E-state index contributed by atoms with van der Waals surface area (Å²) in [4.78, 5) is 10.7. The van der Waals surface area contributed by atoms with Gasteiger partial charge in [0.05, 0.1) is 11.7 Å². The van der Waals surface area contributed by atoms with Crippen molar-refractivity contribution in [3.63, 3.8) is 0 Å². The van der Waals surface area contributed by atoms with Crippen LogP contribution in [0.2, 0.25) is 0 Å². The van der Waals surface area contributed by atoms with E-state index in [4.69, 9.17) is 9.84 Å². The van der Waals surface area contributed by atoms with E-state index in [0.717, 1.165) is 6.07 Å². The van der Waals surface area contributed by atoms with Crippen molar-refractivity contribution in [2.45, 2.75) is 31.2 Å². The average molecular weight is 368 g/mol. The van der Waals surface area contributed by atoms with Crippen molar-refractivity contribution >= 4 is 27.6 Å². The second-order valence-corrected chi connectivity index (χ2v) is 5.65. The van der Waals surface area contributed by atoms with Crippen LogP contribution in [0.25, 0.3) is 0 Å². The van der Waals surface area contributed by atoms with Gasteiger partial charge in [-0.05, 0) is 31.0 Å². The summed E-state index contributed by atoms with van der Waals surface area (Å²) in [6.07, 6.45) is -4.87. The fraction of sp³-hybridized carbons (Fsp3) is 0.462. The van der Waals surface area contributed by atoms with Gasteiger partial charge in [0.1, 0.15) is 0 Å². The van der Waals surface area contributed by atoms with Gasteiger partial charge in [0.2, 0.25) is 0 Å². The molecule has 8 heteroatoms. The van der Waals surface area contributed by atoms with Crippen LogP contribution in [0.3, 0.4) is 0 Å². The van der Waals surface area contributed by atoms with Gasteiger partial charge in [-0.1, -0.05) is 15.9 Å². The van der Waals surface area contributed by atoms with E-state index in [-0.39, 0.29) is 12.2 Å². The maximum Gasteiger partial charge on any atom is 0.418 e. The summed E-state index contributed by atoms with van der Waals surface area (Å²) in [5.74, 6) is -1.04. The molecular weight excluding hydrogens is 355 g/mol. The molecule has 0 spiro atoms. The number of anilines is 1. The summed E-state index contributed by atoms with van der Waals surface area (Å²) >= 11 is 3.01. The molecule has 2 N–H and O–H groups in total. The van der Waals surface area contributed by atoms with Crippen molar-refractivity contribution in [2.24, 2.45) is 0 Å². The lowest BCUT2D eigenvalue weighted by Crippen LogP contribution is -2.25. The van der Waals surface area contributed by atoms with Crippen molar-refractivity contribution in [3.8, 4) is 0 Å². The van der Waals surface area contributed by atoms with Crippen LogP contribution in [-0.4, -0.2) is 29.8 Å². The lowest BCUT2D eigenvalue weighted by molar-refractivity contribution is -0.149. The molecule has 1 aromatic carbocycles. The van der Waals surface area contributed by atoms with Gasteiger partial charge in [-0.15, -0.1) is 0 Å². The van der Waals surface area contributed by atoms with E-state index in [0.29, 0.717) is 17.3 Å². The normalized spacial score (nSPS) is 22.3. The summed E-state index contributed by atoms with van der Waals surface area (Å²) in [7, 11) is 0. The third kappa shape index (κ3) is 4.10. The van der Waals surface area contributed by atoms with E-state index in [1.807, 2.05) is 0 Å². The first-order valence-corrected chi connectivity index (χ1v) is 7.05. The largest absolute Gasteiger partial charge is 0.479 e. The third-order valence-corrected chi connectivity index (χ3v) is 3.68. The van der Waals surface area contributed by atoms with Crippen molar-refractivity contribution in [1.82, 2.24) is 0 Å². The van der Waals surface area contributed by atoms with Gasteiger partial charge in [-0.2, -0.15) is 13.2 Å². The van der Waals surface area contributed by atoms with Crippen molar-refractivity contribution < 1.29 is 27.8 Å². The molecule has 0 bridgehead atoms. The maximum atomic E-state index is 12.9. The van der Waals surface area contributed by atoms with E-state index in [2.05, 4.69) is 21.2 Å². The first-order valence-electron chi connectivity index (χ1n) is 6.26. The Labute approximate surface area is 127 Å². The van der Waals surface area contributed by atoms with Crippen LogP contribution >= 0.6 is 15.9 Å². The quantitative estimate of drug-likeness (QED) is 0.854. The molecule has 1 aliphatic heterocycles. The van der Waals surface area contributed by atoms with E-state index in [9.17, 15) is 18.0 Å². The number of carboxylic acids is 1. The minimum atomic E-state index is -4.47. The Balaban J connectivity index is 2.03. The first-order chi connectivity index (χ1) is 9.77. The van der Waals surface area contributed by atoms with Crippen LogP contribution in [0, 0.1) is 0 Å². The number of alkyl halides is 3. The van der Waals surface area contributed by atoms with Crippen LogP contribution in [0.4, 0.5) is 18.9 Å². The maximum absolute atomic E-state index is 12.9. The number of benzene rings is 1. The summed E-state index contributed by atoms with van der Waals surface area (Å²) in [5, 5.41) is 11.5. The fourth-order valence-corrected chi connectivity index (χ4v) is 2.53. The Hall–Kier alpha value is -1.28. The van der Waals surface area contributed by atoms with E-state index in [1.54, 1.807) is 0 Å². The Morgan fingerprint density at radius 2 is 2.14 bits per heavy atom. The van der Waals surface area contributed by atoms with Crippen molar-refractivity contribution in [3.05, 3.63) is 28.2 Å². The zero-order chi connectivity index (χ0) is 15.6. The molecule has 1 aliphatic rings. The number of hydrogen-bond acceptors (Lipinski definition) is 3. The predicted molar refractivity (Wildman–Crippen MR) is 73.2 cm³/mol. The number of halogens is 4. The summed E-state index contributed by atoms with van der Waals surface area (Å²) in [6.45, 7) is 0.133. The second kappa shape index (κ2) is 6.23. The lowest BCUT2D eigenvalue weighted by atomic mass is 10.1. The van der Waals surface area contributed by atoms with E-state index in [1.165, 1.54) is 12.1 Å². The molecule has 2 atom stereocenters. The molecule has 1 fully saturated rings. The highest BCUT2D eigenvalue weighted by atomic mass is 79.9. The predicted octanol–water partition coefficient (Wildman–Crippen LogP) is 3.51. The number of aliphatic carboxylic acids is 1. The summed E-state index contributed by atoms with van der Waals surface area (Å²) < 4.78 is 44.4. The number of ether oxygens (including phenoxy) is 1. The molecule has 116 valence electrons. The van der Waals surface area contributed by atoms with Crippen LogP contribution in [0.5, 0.6) is 0 Å². The highest BCUT2D eigenvalue weighted by Gasteiger charge is 2.34. The number of hydrogen-bond donors (Lipinski definition) is 2. The standard InChI is InChI=1S/C13H13BrF3NO3/c14-7-1-3-10(9(5-7)13(15,16)17)18-6-8-2-4-11(21-8)12(19)20/h1,3,5,8,11,18H,2,4,6H2,(H,19,20). The zero-order valence-corrected chi connectivity index (χ0v) is 12.4. The molecule has 0 saturated carbocycles. The Morgan fingerprint density at radius 3 is 2.71 bits per heavy atom. The number of carbonyl (C=O) groups is 1. The van der Waals surface area contributed by atoms with Gasteiger partial charge in [0.25, 0.3) is 0 Å². The molecule has 1 heterocycles. The molecule has 0 radical (unpaired) electrons. The van der Waals surface area contributed by atoms with Gasteiger partial charge < -0.3 is 15.2 Å².